The van der Waals surface area contributed by atoms with Gasteiger partial charge in [0, 0.05) is 18.7 Å². The van der Waals surface area contributed by atoms with Crippen molar-refractivity contribution in [1.82, 2.24) is 4.98 Å². The molecule has 4 heteroatoms. The molecule has 0 atom stereocenters. The largest absolute Gasteiger partial charge is 0.492 e. The average molecular weight is 228 g/mol. The lowest BCUT2D eigenvalue weighted by molar-refractivity contribution is -0.117. The van der Waals surface area contributed by atoms with Crippen LogP contribution in [0.25, 0.3) is 0 Å². The fourth-order valence-corrected chi connectivity index (χ4v) is 1.30. The van der Waals surface area contributed by atoms with Gasteiger partial charge in [-0.2, -0.15) is 0 Å². The summed E-state index contributed by atoms with van der Waals surface area (Å²) in [5, 5.41) is 0.566. The number of nitrogens with zero attached hydrogens (tertiary/aromatic N) is 1. The molecule has 0 aliphatic carbocycles. The lowest BCUT2D eigenvalue weighted by atomic mass is 10.2. The van der Waals surface area contributed by atoms with E-state index >= 15 is 0 Å². The third kappa shape index (κ3) is 5.37. The van der Waals surface area contributed by atoms with Crippen molar-refractivity contribution < 1.29 is 9.53 Å². The molecule has 0 saturated carbocycles. The molecule has 1 rings (SSSR count). The zero-order chi connectivity index (χ0) is 11.1. The van der Waals surface area contributed by atoms with Gasteiger partial charge < -0.3 is 9.53 Å². The van der Waals surface area contributed by atoms with E-state index in [0.717, 1.165) is 12.8 Å². The Morgan fingerprint density at radius 1 is 1.47 bits per heavy atom. The molecular weight excluding hydrogens is 214 g/mol. The van der Waals surface area contributed by atoms with Gasteiger partial charge in [0.25, 0.3) is 0 Å². The summed E-state index contributed by atoms with van der Waals surface area (Å²) >= 11 is 5.74. The molecule has 1 aromatic rings. The second-order valence-electron chi connectivity index (χ2n) is 3.35. The Morgan fingerprint density at radius 3 is 2.93 bits per heavy atom. The Balaban J connectivity index is 2.17. The van der Waals surface area contributed by atoms with E-state index in [1.165, 1.54) is 0 Å². The summed E-state index contributed by atoms with van der Waals surface area (Å²) in [6.45, 7) is 2.19. The maximum absolute atomic E-state index is 10.7. The number of Topliss-reactive ketones (excluding diaryl/α,β-unsaturated/α-hetero) is 1. The number of pyridine rings is 1. The van der Waals surface area contributed by atoms with Gasteiger partial charge in [0.05, 0.1) is 17.8 Å². The predicted octanol–water partition coefficient (Wildman–Crippen LogP) is 2.87. The van der Waals surface area contributed by atoms with Crippen LogP contribution in [0.3, 0.4) is 0 Å². The molecule has 0 radical (unpaired) electrons. The highest BCUT2D eigenvalue weighted by Crippen LogP contribution is 2.15. The quantitative estimate of drug-likeness (QED) is 0.702. The molecule has 1 aromatic heterocycles. The molecule has 0 spiro atoms. The highest BCUT2D eigenvalue weighted by atomic mass is 35.5. The van der Waals surface area contributed by atoms with Crippen LogP contribution in [0.1, 0.15) is 26.2 Å². The van der Waals surface area contributed by atoms with E-state index in [1.54, 1.807) is 25.4 Å². The van der Waals surface area contributed by atoms with Crippen LogP contribution in [0.5, 0.6) is 5.75 Å². The van der Waals surface area contributed by atoms with Gasteiger partial charge in [-0.1, -0.05) is 11.6 Å². The van der Waals surface area contributed by atoms with Crippen LogP contribution in [-0.4, -0.2) is 17.4 Å². The molecule has 0 saturated heterocycles. The Kier molecular flexibility index (Phi) is 5.12. The Bertz CT molecular complexity index is 328. The smallest absolute Gasteiger partial charge is 0.139 e. The lowest BCUT2D eigenvalue weighted by Crippen LogP contribution is -1.99. The van der Waals surface area contributed by atoms with E-state index in [0.29, 0.717) is 23.8 Å². The molecule has 1 heterocycles. The van der Waals surface area contributed by atoms with Crippen molar-refractivity contribution in [1.29, 1.82) is 0 Å². The molecule has 0 aromatic carbocycles. The molecular formula is C11H14ClNO2. The molecule has 0 aliphatic heterocycles. The van der Waals surface area contributed by atoms with Gasteiger partial charge in [0.2, 0.25) is 0 Å². The average Bonchev–Trinajstić information content (AvgIpc) is 2.17. The number of carbonyl (C=O) groups excluding carboxylic acids is 1. The third-order valence-corrected chi connectivity index (χ3v) is 2.08. The van der Waals surface area contributed by atoms with Gasteiger partial charge in [0.15, 0.2) is 0 Å². The first-order valence-electron chi connectivity index (χ1n) is 4.91. The van der Waals surface area contributed by atoms with Crippen molar-refractivity contribution in [3.8, 4) is 5.75 Å². The van der Waals surface area contributed by atoms with E-state index in [2.05, 4.69) is 4.98 Å². The zero-order valence-corrected chi connectivity index (χ0v) is 9.46. The van der Waals surface area contributed by atoms with Gasteiger partial charge in [0.1, 0.15) is 11.5 Å². The van der Waals surface area contributed by atoms with Crippen molar-refractivity contribution in [3.05, 3.63) is 23.5 Å². The highest BCUT2D eigenvalue weighted by Gasteiger charge is 1.97. The number of hydrogen-bond acceptors (Lipinski definition) is 3. The second-order valence-corrected chi connectivity index (χ2v) is 3.78. The fourth-order valence-electron chi connectivity index (χ4n) is 1.14. The van der Waals surface area contributed by atoms with Crippen LogP contribution in [-0.2, 0) is 4.79 Å². The molecule has 0 bridgehead atoms. The number of aromatic nitrogens is 1. The van der Waals surface area contributed by atoms with Gasteiger partial charge >= 0.3 is 0 Å². The second kappa shape index (κ2) is 6.40. The number of carbonyl (C=O) groups is 1. The summed E-state index contributed by atoms with van der Waals surface area (Å²) < 4.78 is 5.41. The van der Waals surface area contributed by atoms with Crippen molar-refractivity contribution >= 4 is 17.4 Å². The maximum atomic E-state index is 10.7. The number of ketones is 1. The fraction of sp³-hybridized carbons (Fsp3) is 0.455. The lowest BCUT2D eigenvalue weighted by Gasteiger charge is -2.04. The van der Waals surface area contributed by atoms with Gasteiger partial charge in [-0.3, -0.25) is 4.98 Å². The van der Waals surface area contributed by atoms with E-state index in [1.807, 2.05) is 0 Å². The third-order valence-electron chi connectivity index (χ3n) is 1.87. The van der Waals surface area contributed by atoms with Gasteiger partial charge in [-0.05, 0) is 19.8 Å². The van der Waals surface area contributed by atoms with Gasteiger partial charge in [-0.25, -0.2) is 0 Å². The Hall–Kier alpha value is -1.09. The van der Waals surface area contributed by atoms with Crippen molar-refractivity contribution in [2.24, 2.45) is 0 Å². The Morgan fingerprint density at radius 2 is 2.27 bits per heavy atom. The maximum Gasteiger partial charge on any atom is 0.139 e. The van der Waals surface area contributed by atoms with E-state index in [9.17, 15) is 4.79 Å². The van der Waals surface area contributed by atoms with Crippen LogP contribution >= 0.6 is 11.6 Å². The minimum Gasteiger partial charge on any atom is -0.492 e. The molecule has 0 aliphatic rings. The molecule has 0 amide bonds. The van der Waals surface area contributed by atoms with Crippen LogP contribution < -0.4 is 4.74 Å². The molecule has 3 nitrogen and oxygen atoms in total. The van der Waals surface area contributed by atoms with Crippen molar-refractivity contribution in [2.75, 3.05) is 6.61 Å². The predicted molar refractivity (Wildman–Crippen MR) is 59.3 cm³/mol. The number of hydrogen-bond donors (Lipinski definition) is 0. The number of halogens is 1. The highest BCUT2D eigenvalue weighted by molar-refractivity contribution is 6.30. The minimum atomic E-state index is 0.222. The van der Waals surface area contributed by atoms with Crippen molar-refractivity contribution in [2.45, 2.75) is 26.2 Å². The number of ether oxygens (including phenoxy) is 1. The summed E-state index contributed by atoms with van der Waals surface area (Å²) in [7, 11) is 0. The van der Waals surface area contributed by atoms with Crippen molar-refractivity contribution in [3.63, 3.8) is 0 Å². The van der Waals surface area contributed by atoms with Crippen LogP contribution in [0, 0.1) is 0 Å². The van der Waals surface area contributed by atoms with E-state index < -0.39 is 0 Å². The number of rotatable bonds is 6. The summed E-state index contributed by atoms with van der Waals surface area (Å²) in [4.78, 5) is 14.6. The molecule has 82 valence electrons. The first-order chi connectivity index (χ1) is 7.18. The summed E-state index contributed by atoms with van der Waals surface area (Å²) in [6.07, 6.45) is 5.54. The molecule has 0 N–H and O–H groups in total. The zero-order valence-electron chi connectivity index (χ0n) is 8.70. The summed E-state index contributed by atoms with van der Waals surface area (Å²) in [5.74, 6) is 0.893. The minimum absolute atomic E-state index is 0.222. The first-order valence-corrected chi connectivity index (χ1v) is 5.29. The summed E-state index contributed by atoms with van der Waals surface area (Å²) in [6, 6.07) is 1.72. The normalized spacial score (nSPS) is 10.0. The van der Waals surface area contributed by atoms with Crippen LogP contribution in [0.4, 0.5) is 0 Å². The molecule has 15 heavy (non-hydrogen) atoms. The van der Waals surface area contributed by atoms with Crippen LogP contribution in [0.15, 0.2) is 18.5 Å². The standard InChI is InChI=1S/C11H14ClNO2/c1-9(14)4-2-3-5-15-11-6-10(12)7-13-8-11/h6-8H,2-5H2,1H3. The molecule has 0 fully saturated rings. The summed E-state index contributed by atoms with van der Waals surface area (Å²) in [5.41, 5.74) is 0. The van der Waals surface area contributed by atoms with E-state index in [-0.39, 0.29) is 5.78 Å². The Labute approximate surface area is 94.4 Å². The van der Waals surface area contributed by atoms with E-state index in [4.69, 9.17) is 16.3 Å². The van der Waals surface area contributed by atoms with Crippen LogP contribution in [0.2, 0.25) is 5.02 Å². The number of unbranched alkanes of at least 4 members (excludes halogenated alkanes) is 1. The first kappa shape index (κ1) is 12.0. The topological polar surface area (TPSA) is 39.2 Å². The SMILES string of the molecule is CC(=O)CCCCOc1cncc(Cl)c1. The van der Waals surface area contributed by atoms with Gasteiger partial charge in [-0.15, -0.1) is 0 Å². The molecule has 0 unspecified atom stereocenters. The monoisotopic (exact) mass is 227 g/mol.